The molecule has 0 rings (SSSR count). The van der Waals surface area contributed by atoms with Gasteiger partial charge in [0, 0.05) is 6.42 Å². The Hall–Kier alpha value is -0.480. The van der Waals surface area contributed by atoms with Gasteiger partial charge in [-0.2, -0.15) is 0 Å². The second-order valence-electron chi connectivity index (χ2n) is 4.33. The Bertz CT molecular complexity index is 340. The molecule has 12 heteroatoms. The van der Waals surface area contributed by atoms with E-state index in [2.05, 4.69) is 0 Å². The van der Waals surface area contributed by atoms with Gasteiger partial charge in [-0.1, -0.05) is 6.92 Å². The minimum atomic E-state index is -4.75. The van der Waals surface area contributed by atoms with Crippen LogP contribution in [0.15, 0.2) is 0 Å². The summed E-state index contributed by atoms with van der Waals surface area (Å²) in [5.41, 5.74) is 0. The summed E-state index contributed by atoms with van der Waals surface area (Å²) in [5, 5.41) is 109. The molecule has 0 saturated heterocycles. The van der Waals surface area contributed by atoms with Crippen molar-refractivity contribution in [2.75, 3.05) is 0 Å². The van der Waals surface area contributed by atoms with Crippen molar-refractivity contribution in [2.24, 2.45) is 0 Å². The van der Waals surface area contributed by atoms with Gasteiger partial charge in [0.2, 0.25) is 5.79 Å². The van der Waals surface area contributed by atoms with Gasteiger partial charge >= 0.3 is 5.97 Å². The second kappa shape index (κ2) is 5.06. The normalized spacial score (nSPS) is 17.2. The molecule has 1 unspecified atom stereocenters. The zero-order valence-corrected chi connectivity index (χ0v) is 10.2. The third-order valence-electron chi connectivity index (χ3n) is 2.80. The monoisotopic (exact) mass is 306 g/mol. The lowest BCUT2D eigenvalue weighted by Crippen LogP contribution is -2.80. The van der Waals surface area contributed by atoms with Crippen LogP contribution in [0.3, 0.4) is 0 Å². The maximum atomic E-state index is 9.31. The zero-order valence-electron chi connectivity index (χ0n) is 10.2. The van der Waals surface area contributed by atoms with Crippen LogP contribution in [0.1, 0.15) is 13.3 Å². The van der Waals surface area contributed by atoms with E-state index < -0.39 is 41.6 Å². The van der Waals surface area contributed by atoms with E-state index in [1.807, 2.05) is 0 Å². The van der Waals surface area contributed by atoms with Crippen LogP contribution in [0.4, 0.5) is 0 Å². The first-order chi connectivity index (χ1) is 8.47. The highest BCUT2D eigenvalue weighted by atomic mass is 16.7. The number of aliphatic hydroxyl groups excluding tert-OH is 1. The summed E-state index contributed by atoms with van der Waals surface area (Å²) < 4.78 is 0. The molecule has 0 heterocycles. The van der Waals surface area contributed by atoms with Crippen molar-refractivity contribution in [3.05, 3.63) is 0 Å². The van der Waals surface area contributed by atoms with Crippen LogP contribution >= 0.6 is 0 Å². The summed E-state index contributed by atoms with van der Waals surface area (Å²) in [7, 11) is 0. The standard InChI is InChI=1S/C8H18O12/c1-2-4(10,11)7(17,18)8(19,20)5(12,13)3(9)6(14,15)16/h3,9-20H,2H2,1H3. The summed E-state index contributed by atoms with van der Waals surface area (Å²) in [6.45, 7) is 0.915. The van der Waals surface area contributed by atoms with Crippen LogP contribution in [-0.4, -0.2) is 96.5 Å². The molecule has 0 aromatic carbocycles. The first-order valence-electron chi connectivity index (χ1n) is 5.11. The van der Waals surface area contributed by atoms with E-state index in [1.165, 1.54) is 0 Å². The summed E-state index contributed by atoms with van der Waals surface area (Å²) in [6.07, 6.45) is -4.58. The molecule has 122 valence electrons. The van der Waals surface area contributed by atoms with Gasteiger partial charge in [0.25, 0.3) is 17.4 Å². The van der Waals surface area contributed by atoms with Crippen LogP contribution in [0.5, 0.6) is 0 Å². The molecule has 20 heavy (non-hydrogen) atoms. The summed E-state index contributed by atoms with van der Waals surface area (Å²) in [4.78, 5) is 0. The molecule has 0 aliphatic heterocycles. The molecule has 0 spiro atoms. The zero-order chi connectivity index (χ0) is 16.8. The van der Waals surface area contributed by atoms with E-state index in [9.17, 15) is 40.9 Å². The highest BCUT2D eigenvalue weighted by molar-refractivity contribution is 5.04. The Morgan fingerprint density at radius 1 is 0.700 bits per heavy atom. The Morgan fingerprint density at radius 2 is 1.05 bits per heavy atom. The van der Waals surface area contributed by atoms with Crippen LogP contribution in [0, 0.1) is 0 Å². The van der Waals surface area contributed by atoms with Crippen molar-refractivity contribution in [3.63, 3.8) is 0 Å². The highest BCUT2D eigenvalue weighted by Crippen LogP contribution is 2.38. The van der Waals surface area contributed by atoms with Crippen LogP contribution in [0.2, 0.25) is 0 Å². The fraction of sp³-hybridized carbons (Fsp3) is 1.00. The van der Waals surface area contributed by atoms with Crippen LogP contribution in [0.25, 0.3) is 0 Å². The van der Waals surface area contributed by atoms with E-state index in [1.54, 1.807) is 0 Å². The molecular weight excluding hydrogens is 288 g/mol. The molecule has 0 bridgehead atoms. The van der Waals surface area contributed by atoms with Crippen molar-refractivity contribution in [1.29, 1.82) is 0 Å². The van der Waals surface area contributed by atoms with Crippen molar-refractivity contribution >= 4 is 0 Å². The lowest BCUT2D eigenvalue weighted by molar-refractivity contribution is -0.531. The molecule has 0 aromatic rings. The molecular formula is C8H18O12. The van der Waals surface area contributed by atoms with Crippen LogP contribution in [-0.2, 0) is 0 Å². The van der Waals surface area contributed by atoms with E-state index in [-0.39, 0.29) is 0 Å². The molecule has 0 aliphatic rings. The van der Waals surface area contributed by atoms with Gasteiger partial charge in [-0.25, -0.2) is 0 Å². The third-order valence-corrected chi connectivity index (χ3v) is 2.80. The molecule has 1 atom stereocenters. The smallest absolute Gasteiger partial charge is 0.308 e. The highest BCUT2D eigenvalue weighted by Gasteiger charge is 2.73. The van der Waals surface area contributed by atoms with Gasteiger partial charge in [0.1, 0.15) is 0 Å². The fourth-order valence-corrected chi connectivity index (χ4v) is 1.24. The van der Waals surface area contributed by atoms with E-state index in [0.717, 1.165) is 6.92 Å². The summed E-state index contributed by atoms with van der Waals surface area (Å²) >= 11 is 0. The lowest BCUT2D eigenvalue weighted by Gasteiger charge is -2.49. The van der Waals surface area contributed by atoms with Gasteiger partial charge in [-0.15, -0.1) is 0 Å². The maximum Gasteiger partial charge on any atom is 0.308 e. The summed E-state index contributed by atoms with van der Waals surface area (Å²) in [5.74, 6) is -21.9. The number of aliphatic hydroxyl groups is 12. The van der Waals surface area contributed by atoms with Gasteiger partial charge in [0.05, 0.1) is 0 Å². The third kappa shape index (κ3) is 2.77. The second-order valence-corrected chi connectivity index (χ2v) is 4.33. The Morgan fingerprint density at radius 3 is 1.30 bits per heavy atom. The van der Waals surface area contributed by atoms with E-state index in [4.69, 9.17) is 20.4 Å². The molecule has 12 nitrogen and oxygen atoms in total. The quantitative estimate of drug-likeness (QED) is 0.205. The van der Waals surface area contributed by atoms with Gasteiger partial charge < -0.3 is 61.3 Å². The first kappa shape index (κ1) is 19.5. The SMILES string of the molecule is CCC(O)(O)C(O)(O)C(O)(O)C(O)(O)C(O)C(O)(O)O. The van der Waals surface area contributed by atoms with Crippen molar-refractivity contribution in [2.45, 2.75) is 48.6 Å². The van der Waals surface area contributed by atoms with Gasteiger partial charge in [-0.05, 0) is 0 Å². The van der Waals surface area contributed by atoms with Crippen molar-refractivity contribution in [1.82, 2.24) is 0 Å². The average molecular weight is 306 g/mol. The predicted octanol–water partition coefficient (Wildman–Crippen LogP) is -6.89. The van der Waals surface area contributed by atoms with Gasteiger partial charge in [0.15, 0.2) is 6.10 Å². The van der Waals surface area contributed by atoms with Gasteiger partial charge in [-0.3, -0.25) is 0 Å². The minimum Gasteiger partial charge on any atom is -0.380 e. The minimum absolute atomic E-state index is 0.915. The molecule has 0 fully saturated rings. The molecule has 12 N–H and O–H groups in total. The largest absolute Gasteiger partial charge is 0.380 e. The number of hydrogen-bond acceptors (Lipinski definition) is 12. The first-order valence-corrected chi connectivity index (χ1v) is 5.11. The van der Waals surface area contributed by atoms with Crippen molar-refractivity contribution in [3.8, 4) is 0 Å². The molecule has 0 amide bonds. The Kier molecular flexibility index (Phi) is 4.94. The fourth-order valence-electron chi connectivity index (χ4n) is 1.24. The maximum absolute atomic E-state index is 9.31. The molecule has 0 radical (unpaired) electrons. The number of rotatable bonds is 6. The van der Waals surface area contributed by atoms with Crippen molar-refractivity contribution < 1.29 is 61.3 Å². The van der Waals surface area contributed by atoms with E-state index >= 15 is 0 Å². The van der Waals surface area contributed by atoms with Crippen LogP contribution < -0.4 is 0 Å². The predicted molar refractivity (Wildman–Crippen MR) is 54.4 cm³/mol. The van der Waals surface area contributed by atoms with E-state index in [0.29, 0.717) is 0 Å². The lowest BCUT2D eigenvalue weighted by atomic mass is 9.85. The molecule has 0 aromatic heterocycles. The average Bonchev–Trinajstić information content (AvgIpc) is 2.25. The number of hydrogen-bond donors (Lipinski definition) is 12. The summed E-state index contributed by atoms with van der Waals surface area (Å²) in [6, 6.07) is 0. The molecule has 0 aliphatic carbocycles. The molecule has 0 saturated carbocycles. The Labute approximate surface area is 111 Å². The topological polar surface area (TPSA) is 243 Å². The Balaban J connectivity index is 5.85.